The SMILES string of the molecule is CC(=O)NCCN(C(=O)CCC(=O)c1ccc(F)cc1F)C(C)C(=O)O. The van der Waals surface area contributed by atoms with Gasteiger partial charge in [-0.05, 0) is 19.1 Å². The van der Waals surface area contributed by atoms with E-state index in [1.807, 2.05) is 0 Å². The minimum absolute atomic E-state index is 0.0506. The number of hydrogen-bond donors (Lipinski definition) is 2. The minimum atomic E-state index is -1.24. The van der Waals surface area contributed by atoms with Gasteiger partial charge in [-0.15, -0.1) is 0 Å². The van der Waals surface area contributed by atoms with Crippen molar-refractivity contribution in [3.8, 4) is 0 Å². The largest absolute Gasteiger partial charge is 0.480 e. The highest BCUT2D eigenvalue weighted by atomic mass is 19.1. The van der Waals surface area contributed by atoms with Crippen LogP contribution in [0.5, 0.6) is 0 Å². The zero-order valence-corrected chi connectivity index (χ0v) is 14.4. The average molecular weight is 370 g/mol. The van der Waals surface area contributed by atoms with E-state index in [-0.39, 0.29) is 37.4 Å². The zero-order chi connectivity index (χ0) is 19.9. The second-order valence-corrected chi connectivity index (χ2v) is 5.63. The zero-order valence-electron chi connectivity index (χ0n) is 14.4. The van der Waals surface area contributed by atoms with Crippen LogP contribution in [0.2, 0.25) is 0 Å². The Hall–Kier alpha value is -2.84. The molecule has 2 N–H and O–H groups in total. The number of rotatable bonds is 9. The van der Waals surface area contributed by atoms with Gasteiger partial charge in [0.1, 0.15) is 17.7 Å². The van der Waals surface area contributed by atoms with Crippen LogP contribution in [0.1, 0.15) is 37.0 Å². The van der Waals surface area contributed by atoms with E-state index in [1.54, 1.807) is 0 Å². The molecule has 1 atom stereocenters. The number of carbonyl (C=O) groups excluding carboxylic acids is 3. The first-order valence-corrected chi connectivity index (χ1v) is 7.88. The lowest BCUT2D eigenvalue weighted by Gasteiger charge is -2.26. The van der Waals surface area contributed by atoms with Crippen molar-refractivity contribution < 1.29 is 33.1 Å². The Labute approximate surface area is 149 Å². The van der Waals surface area contributed by atoms with Crippen molar-refractivity contribution in [1.82, 2.24) is 10.2 Å². The van der Waals surface area contributed by atoms with E-state index in [0.717, 1.165) is 17.0 Å². The van der Waals surface area contributed by atoms with Crippen molar-refractivity contribution in [3.63, 3.8) is 0 Å². The van der Waals surface area contributed by atoms with Crippen LogP contribution in [0.25, 0.3) is 0 Å². The minimum Gasteiger partial charge on any atom is -0.480 e. The molecule has 0 aliphatic heterocycles. The van der Waals surface area contributed by atoms with Crippen molar-refractivity contribution in [2.45, 2.75) is 32.7 Å². The first-order valence-electron chi connectivity index (χ1n) is 7.88. The molecule has 0 bridgehead atoms. The molecule has 9 heteroatoms. The summed E-state index contributed by atoms with van der Waals surface area (Å²) in [5.74, 6) is -4.74. The van der Waals surface area contributed by atoms with Crippen LogP contribution < -0.4 is 5.32 Å². The Morgan fingerprint density at radius 2 is 1.85 bits per heavy atom. The highest BCUT2D eigenvalue weighted by Gasteiger charge is 2.26. The maximum Gasteiger partial charge on any atom is 0.326 e. The summed E-state index contributed by atoms with van der Waals surface area (Å²) in [4.78, 5) is 47.3. The number of hydrogen-bond acceptors (Lipinski definition) is 4. The Morgan fingerprint density at radius 3 is 2.38 bits per heavy atom. The van der Waals surface area contributed by atoms with E-state index in [1.165, 1.54) is 13.8 Å². The van der Waals surface area contributed by atoms with Crippen LogP contribution in [0.3, 0.4) is 0 Å². The molecule has 0 aliphatic rings. The lowest BCUT2D eigenvalue weighted by atomic mass is 10.1. The highest BCUT2D eigenvalue weighted by molar-refractivity contribution is 5.98. The summed E-state index contributed by atoms with van der Waals surface area (Å²) in [6, 6.07) is 1.34. The van der Waals surface area contributed by atoms with Gasteiger partial charge in [0.05, 0.1) is 5.56 Å². The predicted molar refractivity (Wildman–Crippen MR) is 87.4 cm³/mol. The molecule has 7 nitrogen and oxygen atoms in total. The number of nitrogens with zero attached hydrogens (tertiary/aromatic N) is 1. The topological polar surface area (TPSA) is 104 Å². The summed E-state index contributed by atoms with van der Waals surface area (Å²) in [5, 5.41) is 11.5. The molecular weight excluding hydrogens is 350 g/mol. The molecule has 142 valence electrons. The summed E-state index contributed by atoms with van der Waals surface area (Å²) < 4.78 is 26.5. The van der Waals surface area contributed by atoms with Crippen LogP contribution in [-0.4, -0.2) is 52.7 Å². The molecule has 2 amide bonds. The van der Waals surface area contributed by atoms with Gasteiger partial charge in [0.15, 0.2) is 5.78 Å². The molecule has 1 aromatic rings. The molecule has 0 saturated heterocycles. The molecule has 0 fully saturated rings. The number of aliphatic carboxylic acids is 1. The molecule has 0 spiro atoms. The van der Waals surface area contributed by atoms with Gasteiger partial charge in [0.25, 0.3) is 0 Å². The van der Waals surface area contributed by atoms with Gasteiger partial charge in [0, 0.05) is 38.9 Å². The maximum absolute atomic E-state index is 13.6. The molecule has 0 aliphatic carbocycles. The Kier molecular flexibility index (Phi) is 7.82. The van der Waals surface area contributed by atoms with E-state index in [4.69, 9.17) is 5.11 Å². The summed E-state index contributed by atoms with van der Waals surface area (Å²) in [5.41, 5.74) is -0.338. The quantitative estimate of drug-likeness (QED) is 0.639. The fourth-order valence-electron chi connectivity index (χ4n) is 2.23. The third kappa shape index (κ3) is 6.23. The van der Waals surface area contributed by atoms with E-state index >= 15 is 0 Å². The van der Waals surface area contributed by atoms with Crippen LogP contribution >= 0.6 is 0 Å². The second kappa shape index (κ2) is 9.59. The molecule has 0 aromatic heterocycles. The lowest BCUT2D eigenvalue weighted by molar-refractivity contribution is -0.149. The van der Waals surface area contributed by atoms with Gasteiger partial charge in [-0.1, -0.05) is 0 Å². The summed E-state index contributed by atoms with van der Waals surface area (Å²) in [6.07, 6.45) is -0.697. The van der Waals surface area contributed by atoms with E-state index in [9.17, 15) is 28.0 Å². The van der Waals surface area contributed by atoms with Crippen molar-refractivity contribution >= 4 is 23.6 Å². The number of Topliss-reactive ketones (excluding diaryl/α,β-unsaturated/α-hetero) is 1. The van der Waals surface area contributed by atoms with Crippen molar-refractivity contribution in [2.24, 2.45) is 0 Å². The van der Waals surface area contributed by atoms with E-state index in [2.05, 4.69) is 5.32 Å². The van der Waals surface area contributed by atoms with E-state index in [0.29, 0.717) is 6.07 Å². The monoisotopic (exact) mass is 370 g/mol. The van der Waals surface area contributed by atoms with Crippen molar-refractivity contribution in [2.75, 3.05) is 13.1 Å². The van der Waals surface area contributed by atoms with E-state index < -0.39 is 35.3 Å². The standard InChI is InChI=1S/C17H20F2N2O5/c1-10(17(25)26)21(8-7-20-11(2)22)16(24)6-5-15(23)13-4-3-12(18)9-14(13)19/h3-4,9-10H,5-8H2,1-2H3,(H,20,22)(H,25,26). The number of benzene rings is 1. The average Bonchev–Trinajstić information content (AvgIpc) is 2.55. The van der Waals surface area contributed by atoms with Gasteiger partial charge in [-0.2, -0.15) is 0 Å². The van der Waals surface area contributed by atoms with Gasteiger partial charge in [-0.3, -0.25) is 14.4 Å². The third-order valence-corrected chi connectivity index (χ3v) is 3.67. The summed E-state index contributed by atoms with van der Waals surface area (Å²) in [6.45, 7) is 2.59. The van der Waals surface area contributed by atoms with Crippen molar-refractivity contribution in [3.05, 3.63) is 35.4 Å². The molecular formula is C17H20F2N2O5. The van der Waals surface area contributed by atoms with Crippen LogP contribution in [-0.2, 0) is 14.4 Å². The number of carboxylic acid groups (broad SMARTS) is 1. The maximum atomic E-state index is 13.6. The number of ketones is 1. The van der Waals surface area contributed by atoms with Crippen LogP contribution in [0.4, 0.5) is 8.78 Å². The Balaban J connectivity index is 2.73. The second-order valence-electron chi connectivity index (χ2n) is 5.63. The molecule has 0 saturated carbocycles. The number of amides is 2. The molecule has 26 heavy (non-hydrogen) atoms. The highest BCUT2D eigenvalue weighted by Crippen LogP contribution is 2.14. The summed E-state index contributed by atoms with van der Waals surface area (Å²) in [7, 11) is 0. The predicted octanol–water partition coefficient (Wildman–Crippen LogP) is 1.37. The van der Waals surface area contributed by atoms with Crippen LogP contribution in [0, 0.1) is 11.6 Å². The Bertz CT molecular complexity index is 708. The number of carbonyl (C=O) groups is 4. The van der Waals surface area contributed by atoms with Crippen LogP contribution in [0.15, 0.2) is 18.2 Å². The smallest absolute Gasteiger partial charge is 0.326 e. The molecule has 1 unspecified atom stereocenters. The van der Waals surface area contributed by atoms with Crippen molar-refractivity contribution in [1.29, 1.82) is 0 Å². The number of nitrogens with one attached hydrogen (secondary N) is 1. The first kappa shape index (κ1) is 21.2. The fraction of sp³-hybridized carbons (Fsp3) is 0.412. The fourth-order valence-corrected chi connectivity index (χ4v) is 2.23. The van der Waals surface area contributed by atoms with Gasteiger partial charge < -0.3 is 15.3 Å². The molecule has 1 aromatic carbocycles. The first-order chi connectivity index (χ1) is 12.1. The number of carboxylic acids is 1. The number of halogens is 2. The normalized spacial score (nSPS) is 11.5. The Morgan fingerprint density at radius 1 is 1.19 bits per heavy atom. The molecule has 0 radical (unpaired) electrons. The van der Waals surface area contributed by atoms with Gasteiger partial charge >= 0.3 is 5.97 Å². The van der Waals surface area contributed by atoms with Gasteiger partial charge in [-0.25, -0.2) is 13.6 Å². The molecule has 1 rings (SSSR count). The lowest BCUT2D eigenvalue weighted by Crippen LogP contribution is -2.46. The third-order valence-electron chi connectivity index (χ3n) is 3.67. The van der Waals surface area contributed by atoms with Gasteiger partial charge in [0.2, 0.25) is 11.8 Å². The molecule has 0 heterocycles. The summed E-state index contributed by atoms with van der Waals surface area (Å²) >= 11 is 0.